The summed E-state index contributed by atoms with van der Waals surface area (Å²) in [5.41, 5.74) is 6.36. The minimum Gasteiger partial charge on any atom is -0.335 e. The zero-order valence-corrected chi connectivity index (χ0v) is 12.9. The first kappa shape index (κ1) is 17.4. The molecule has 1 aliphatic heterocycles. The van der Waals surface area contributed by atoms with Crippen molar-refractivity contribution in [3.8, 4) is 0 Å². The zero-order chi connectivity index (χ0) is 14.9. The average Bonchev–Trinajstić information content (AvgIpc) is 2.79. The minimum atomic E-state index is -0.499. The Bertz CT molecular complexity index is 550. The molecule has 0 aromatic heterocycles. The highest BCUT2D eigenvalue weighted by Gasteiger charge is 2.35. The Balaban J connectivity index is 0.00000220. The van der Waals surface area contributed by atoms with E-state index in [-0.39, 0.29) is 41.5 Å². The van der Waals surface area contributed by atoms with Gasteiger partial charge in [-0.05, 0) is 38.3 Å². The van der Waals surface area contributed by atoms with E-state index in [1.807, 2.05) is 6.92 Å². The summed E-state index contributed by atoms with van der Waals surface area (Å²) in [5.74, 6) is 0.00951. The normalized spacial score (nSPS) is 21.0. The lowest BCUT2D eigenvalue weighted by Crippen LogP contribution is -2.35. The molecule has 6 nitrogen and oxygen atoms in total. The van der Waals surface area contributed by atoms with Crippen molar-refractivity contribution in [2.45, 2.75) is 26.3 Å². The zero-order valence-electron chi connectivity index (χ0n) is 12.1. The molecule has 1 amide bonds. The fourth-order valence-corrected chi connectivity index (χ4v) is 2.82. The monoisotopic (exact) mass is 313 g/mol. The molecule has 1 fully saturated rings. The number of aryl methyl sites for hydroxylation is 1. The van der Waals surface area contributed by atoms with Crippen molar-refractivity contribution in [2.75, 3.05) is 13.1 Å². The number of nitrogens with zero attached hydrogens (tertiary/aromatic N) is 2. The van der Waals surface area contributed by atoms with Crippen molar-refractivity contribution < 1.29 is 9.72 Å². The predicted octanol–water partition coefficient (Wildman–Crippen LogP) is 2.13. The molecule has 1 heterocycles. The van der Waals surface area contributed by atoms with Crippen LogP contribution in [0, 0.1) is 23.0 Å². The maximum absolute atomic E-state index is 12.6. The lowest BCUT2D eigenvalue weighted by molar-refractivity contribution is -0.385. The fourth-order valence-electron chi connectivity index (χ4n) is 2.82. The molecule has 0 radical (unpaired) electrons. The van der Waals surface area contributed by atoms with Crippen LogP contribution in [0.25, 0.3) is 0 Å². The van der Waals surface area contributed by atoms with Crippen LogP contribution in [-0.4, -0.2) is 34.9 Å². The Kier molecular flexibility index (Phi) is 5.69. The van der Waals surface area contributed by atoms with Crippen LogP contribution < -0.4 is 5.73 Å². The smallest absolute Gasteiger partial charge is 0.282 e. The van der Waals surface area contributed by atoms with E-state index in [0.29, 0.717) is 18.7 Å². The van der Waals surface area contributed by atoms with E-state index in [9.17, 15) is 14.9 Å². The molecule has 1 aromatic rings. The summed E-state index contributed by atoms with van der Waals surface area (Å²) in [7, 11) is 0. The molecule has 0 aliphatic carbocycles. The van der Waals surface area contributed by atoms with Gasteiger partial charge < -0.3 is 10.6 Å². The van der Waals surface area contributed by atoms with Crippen LogP contribution in [0.5, 0.6) is 0 Å². The van der Waals surface area contributed by atoms with E-state index in [0.717, 1.165) is 6.42 Å². The molecule has 0 spiro atoms. The van der Waals surface area contributed by atoms with Crippen molar-refractivity contribution in [3.63, 3.8) is 0 Å². The third-order valence-electron chi connectivity index (χ3n) is 3.92. The number of halogens is 1. The van der Waals surface area contributed by atoms with E-state index in [1.54, 1.807) is 24.0 Å². The summed E-state index contributed by atoms with van der Waals surface area (Å²) < 4.78 is 0. The highest BCUT2D eigenvalue weighted by Crippen LogP contribution is 2.29. The van der Waals surface area contributed by atoms with E-state index < -0.39 is 4.92 Å². The van der Waals surface area contributed by atoms with Crippen molar-refractivity contribution >= 4 is 24.0 Å². The van der Waals surface area contributed by atoms with Gasteiger partial charge in [-0.1, -0.05) is 12.1 Å². The van der Waals surface area contributed by atoms with Gasteiger partial charge in [0.2, 0.25) is 0 Å². The van der Waals surface area contributed by atoms with Gasteiger partial charge >= 0.3 is 0 Å². The summed E-state index contributed by atoms with van der Waals surface area (Å²) >= 11 is 0. The van der Waals surface area contributed by atoms with Crippen molar-refractivity contribution in [2.24, 2.45) is 11.7 Å². The Labute approximate surface area is 129 Å². The maximum atomic E-state index is 12.6. The Hall–Kier alpha value is -1.66. The molecule has 1 aliphatic rings. The van der Waals surface area contributed by atoms with E-state index in [2.05, 4.69) is 0 Å². The molecule has 116 valence electrons. The standard InChI is InChI=1S/C14H19N3O3.ClH/c1-9-4-3-5-12(17(19)20)13(9)14(18)16-8-11(7-15)6-10(16)2;/h3-5,10-11H,6-8,15H2,1-2H3;1H. The first-order valence-electron chi connectivity index (χ1n) is 6.70. The Morgan fingerprint density at radius 3 is 2.71 bits per heavy atom. The third-order valence-corrected chi connectivity index (χ3v) is 3.92. The summed E-state index contributed by atoms with van der Waals surface area (Å²) in [5, 5.41) is 11.1. The number of hydrogen-bond donors (Lipinski definition) is 1. The van der Waals surface area contributed by atoms with Crippen LogP contribution in [0.4, 0.5) is 5.69 Å². The van der Waals surface area contributed by atoms with Gasteiger partial charge in [0.25, 0.3) is 11.6 Å². The van der Waals surface area contributed by atoms with E-state index in [1.165, 1.54) is 6.07 Å². The van der Waals surface area contributed by atoms with E-state index >= 15 is 0 Å². The number of benzene rings is 1. The van der Waals surface area contributed by atoms with Gasteiger partial charge in [0.05, 0.1) is 4.92 Å². The molecule has 1 saturated heterocycles. The number of likely N-dealkylation sites (tertiary alicyclic amines) is 1. The average molecular weight is 314 g/mol. The Morgan fingerprint density at radius 1 is 1.52 bits per heavy atom. The number of nitrogens with two attached hydrogens (primary N) is 1. The van der Waals surface area contributed by atoms with E-state index in [4.69, 9.17) is 5.73 Å². The van der Waals surface area contributed by atoms with Crippen LogP contribution >= 0.6 is 12.4 Å². The minimum absolute atomic E-state index is 0. The topological polar surface area (TPSA) is 89.5 Å². The highest BCUT2D eigenvalue weighted by atomic mass is 35.5. The summed E-state index contributed by atoms with van der Waals surface area (Å²) in [6, 6.07) is 4.76. The highest BCUT2D eigenvalue weighted by molar-refractivity contribution is 5.99. The molecule has 0 saturated carbocycles. The molecule has 2 rings (SSSR count). The number of rotatable bonds is 3. The molecule has 7 heteroatoms. The van der Waals surface area contributed by atoms with Crippen LogP contribution in [0.1, 0.15) is 29.3 Å². The molecule has 1 aromatic carbocycles. The van der Waals surface area contributed by atoms with Crippen LogP contribution in [0.3, 0.4) is 0 Å². The van der Waals surface area contributed by atoms with Crippen LogP contribution in [0.2, 0.25) is 0 Å². The lowest BCUT2D eigenvalue weighted by atomic mass is 10.0. The number of amides is 1. The number of carbonyl (C=O) groups is 1. The second-order valence-corrected chi connectivity index (χ2v) is 5.37. The van der Waals surface area contributed by atoms with Gasteiger partial charge in [0.1, 0.15) is 5.56 Å². The van der Waals surface area contributed by atoms with Gasteiger partial charge in [-0.15, -0.1) is 12.4 Å². The van der Waals surface area contributed by atoms with Crippen molar-refractivity contribution in [1.82, 2.24) is 4.90 Å². The second-order valence-electron chi connectivity index (χ2n) is 5.37. The first-order chi connectivity index (χ1) is 9.45. The van der Waals surface area contributed by atoms with Gasteiger partial charge in [0.15, 0.2) is 0 Å². The maximum Gasteiger partial charge on any atom is 0.282 e. The summed E-state index contributed by atoms with van der Waals surface area (Å²) in [6.07, 6.45) is 0.849. The number of carbonyl (C=O) groups excluding carboxylic acids is 1. The number of nitro groups is 1. The molecule has 2 atom stereocenters. The Morgan fingerprint density at radius 2 is 2.19 bits per heavy atom. The number of hydrogen-bond acceptors (Lipinski definition) is 4. The summed E-state index contributed by atoms with van der Waals surface area (Å²) in [6.45, 7) is 4.78. The molecule has 2 N–H and O–H groups in total. The van der Waals surface area contributed by atoms with Gasteiger partial charge in [-0.3, -0.25) is 14.9 Å². The second kappa shape index (κ2) is 6.87. The third kappa shape index (κ3) is 3.33. The lowest BCUT2D eigenvalue weighted by Gasteiger charge is -2.22. The molecule has 2 unspecified atom stereocenters. The summed E-state index contributed by atoms with van der Waals surface area (Å²) in [4.78, 5) is 25.0. The largest absolute Gasteiger partial charge is 0.335 e. The molecule has 21 heavy (non-hydrogen) atoms. The van der Waals surface area contributed by atoms with Gasteiger partial charge in [-0.25, -0.2) is 0 Å². The van der Waals surface area contributed by atoms with Gasteiger partial charge in [-0.2, -0.15) is 0 Å². The molecule has 0 bridgehead atoms. The van der Waals surface area contributed by atoms with Crippen LogP contribution in [0.15, 0.2) is 18.2 Å². The van der Waals surface area contributed by atoms with Crippen LogP contribution in [-0.2, 0) is 0 Å². The quantitative estimate of drug-likeness (QED) is 0.683. The van der Waals surface area contributed by atoms with Crippen molar-refractivity contribution in [1.29, 1.82) is 0 Å². The number of nitro benzene ring substituents is 1. The first-order valence-corrected chi connectivity index (χ1v) is 6.70. The SMILES string of the molecule is Cc1cccc([N+](=O)[O-])c1C(=O)N1CC(CN)CC1C.Cl. The van der Waals surface area contributed by atoms with Gasteiger partial charge in [0, 0.05) is 18.7 Å². The van der Waals surface area contributed by atoms with Crippen molar-refractivity contribution in [3.05, 3.63) is 39.4 Å². The fraction of sp³-hybridized carbons (Fsp3) is 0.500. The molecular formula is C14H20ClN3O3. The molecular weight excluding hydrogens is 294 g/mol. The predicted molar refractivity (Wildman–Crippen MR) is 82.7 cm³/mol.